The van der Waals surface area contributed by atoms with Gasteiger partial charge in [0.1, 0.15) is 5.69 Å². The molecule has 0 aliphatic rings. The number of nitrogens with zero attached hydrogens (tertiary/aromatic N) is 1. The number of carbonyl (C=O) groups is 1. The van der Waals surface area contributed by atoms with Crippen LogP contribution in [0.2, 0.25) is 0 Å². The molecule has 0 aliphatic carbocycles. The van der Waals surface area contributed by atoms with Crippen LogP contribution in [0.4, 0.5) is 11.4 Å². The van der Waals surface area contributed by atoms with Crippen molar-refractivity contribution in [1.82, 2.24) is 4.98 Å². The Bertz CT molecular complexity index is 706. The van der Waals surface area contributed by atoms with Gasteiger partial charge in [-0.3, -0.25) is 4.79 Å². The van der Waals surface area contributed by atoms with Crippen molar-refractivity contribution >= 4 is 17.3 Å². The van der Waals surface area contributed by atoms with E-state index in [9.17, 15) is 4.79 Å². The molecule has 0 bridgehead atoms. The zero-order valence-electron chi connectivity index (χ0n) is 15.9. The molecule has 0 atom stereocenters. The van der Waals surface area contributed by atoms with Gasteiger partial charge in [-0.15, -0.1) is 0 Å². The van der Waals surface area contributed by atoms with E-state index in [4.69, 9.17) is 0 Å². The first-order valence-corrected chi connectivity index (χ1v) is 8.99. The molecule has 2 aromatic rings. The highest BCUT2D eigenvalue weighted by Gasteiger charge is 2.14. The SMILES string of the molecule is Cc1cccc(C(C)C)c1NC(=O)c1ccc(NCCC(C)C)cn1. The lowest BCUT2D eigenvalue weighted by Gasteiger charge is -2.16. The molecular weight excluding hydrogens is 310 g/mol. The second-order valence-electron chi connectivity index (χ2n) is 7.19. The van der Waals surface area contributed by atoms with Crippen LogP contribution in [0.1, 0.15) is 61.6 Å². The Hall–Kier alpha value is -2.36. The normalized spacial score (nSPS) is 11.0. The van der Waals surface area contributed by atoms with Gasteiger partial charge in [-0.05, 0) is 48.4 Å². The molecule has 0 radical (unpaired) electrons. The van der Waals surface area contributed by atoms with Crippen molar-refractivity contribution in [2.45, 2.75) is 47.0 Å². The smallest absolute Gasteiger partial charge is 0.274 e. The summed E-state index contributed by atoms with van der Waals surface area (Å²) < 4.78 is 0. The Labute approximate surface area is 151 Å². The molecule has 0 aliphatic heterocycles. The number of amides is 1. The minimum atomic E-state index is -0.176. The van der Waals surface area contributed by atoms with Gasteiger partial charge in [0.15, 0.2) is 0 Å². The molecule has 1 amide bonds. The molecule has 4 nitrogen and oxygen atoms in total. The Morgan fingerprint density at radius 3 is 2.48 bits per heavy atom. The zero-order valence-corrected chi connectivity index (χ0v) is 15.9. The maximum Gasteiger partial charge on any atom is 0.274 e. The number of para-hydroxylation sites is 1. The molecule has 0 unspecified atom stereocenters. The first kappa shape index (κ1) is 19.0. The summed E-state index contributed by atoms with van der Waals surface area (Å²) in [6.45, 7) is 11.6. The third-order valence-electron chi connectivity index (χ3n) is 4.21. The van der Waals surface area contributed by atoms with Gasteiger partial charge in [0.05, 0.1) is 11.9 Å². The van der Waals surface area contributed by atoms with Crippen LogP contribution in [0.15, 0.2) is 36.5 Å². The van der Waals surface area contributed by atoms with E-state index < -0.39 is 0 Å². The highest BCUT2D eigenvalue weighted by molar-refractivity contribution is 6.03. The van der Waals surface area contributed by atoms with Gasteiger partial charge in [-0.2, -0.15) is 0 Å². The monoisotopic (exact) mass is 339 g/mol. The quantitative estimate of drug-likeness (QED) is 0.727. The molecule has 4 heteroatoms. The molecule has 134 valence electrons. The Balaban J connectivity index is 2.07. The second kappa shape index (κ2) is 8.65. The third-order valence-corrected chi connectivity index (χ3v) is 4.21. The van der Waals surface area contributed by atoms with E-state index in [1.807, 2.05) is 25.1 Å². The van der Waals surface area contributed by atoms with E-state index >= 15 is 0 Å². The second-order valence-corrected chi connectivity index (χ2v) is 7.19. The van der Waals surface area contributed by atoms with Crippen molar-refractivity contribution < 1.29 is 4.79 Å². The topological polar surface area (TPSA) is 54.0 Å². The van der Waals surface area contributed by atoms with Crippen LogP contribution < -0.4 is 10.6 Å². The number of aromatic nitrogens is 1. The Morgan fingerprint density at radius 1 is 1.12 bits per heavy atom. The van der Waals surface area contributed by atoms with Crippen molar-refractivity contribution in [1.29, 1.82) is 0 Å². The number of hydrogen-bond donors (Lipinski definition) is 2. The standard InChI is InChI=1S/C21H29N3O/c1-14(2)11-12-22-17-9-10-19(23-13-17)21(25)24-20-16(5)7-6-8-18(20)15(3)4/h6-10,13-15,22H,11-12H2,1-5H3,(H,24,25). The largest absolute Gasteiger partial charge is 0.384 e. The van der Waals surface area contributed by atoms with Crippen molar-refractivity contribution in [3.05, 3.63) is 53.3 Å². The highest BCUT2D eigenvalue weighted by Crippen LogP contribution is 2.27. The fourth-order valence-corrected chi connectivity index (χ4v) is 2.66. The van der Waals surface area contributed by atoms with E-state index in [-0.39, 0.29) is 5.91 Å². The summed E-state index contributed by atoms with van der Waals surface area (Å²) in [6, 6.07) is 9.76. The minimum absolute atomic E-state index is 0.176. The Kier molecular flexibility index (Phi) is 6.57. The highest BCUT2D eigenvalue weighted by atomic mass is 16.1. The number of carbonyl (C=O) groups excluding carboxylic acids is 1. The van der Waals surface area contributed by atoms with Crippen LogP contribution in [0, 0.1) is 12.8 Å². The number of aryl methyl sites for hydroxylation is 1. The molecule has 1 aromatic carbocycles. The predicted molar refractivity (Wildman–Crippen MR) is 105 cm³/mol. The van der Waals surface area contributed by atoms with Crippen molar-refractivity contribution in [2.75, 3.05) is 17.2 Å². The van der Waals surface area contributed by atoms with Crippen LogP contribution in [0.5, 0.6) is 0 Å². The van der Waals surface area contributed by atoms with Gasteiger partial charge in [0, 0.05) is 12.2 Å². The lowest BCUT2D eigenvalue weighted by atomic mass is 9.98. The van der Waals surface area contributed by atoms with Crippen LogP contribution in [-0.4, -0.2) is 17.4 Å². The van der Waals surface area contributed by atoms with Crippen molar-refractivity contribution in [2.24, 2.45) is 5.92 Å². The zero-order chi connectivity index (χ0) is 18.4. The van der Waals surface area contributed by atoms with Gasteiger partial charge in [-0.25, -0.2) is 4.98 Å². The number of hydrogen-bond acceptors (Lipinski definition) is 3. The molecule has 2 N–H and O–H groups in total. The number of benzene rings is 1. The number of rotatable bonds is 7. The number of anilines is 2. The maximum absolute atomic E-state index is 12.6. The summed E-state index contributed by atoms with van der Waals surface area (Å²) in [4.78, 5) is 16.9. The van der Waals surface area contributed by atoms with Gasteiger partial charge in [0.2, 0.25) is 0 Å². The lowest BCUT2D eigenvalue weighted by molar-refractivity contribution is 0.102. The van der Waals surface area contributed by atoms with Crippen molar-refractivity contribution in [3.63, 3.8) is 0 Å². The van der Waals surface area contributed by atoms with E-state index in [0.717, 1.165) is 35.5 Å². The maximum atomic E-state index is 12.6. The summed E-state index contributed by atoms with van der Waals surface area (Å²) in [5.41, 5.74) is 4.46. The molecule has 0 saturated carbocycles. The molecule has 1 heterocycles. The van der Waals surface area contributed by atoms with Gasteiger partial charge in [0.25, 0.3) is 5.91 Å². The fourth-order valence-electron chi connectivity index (χ4n) is 2.66. The molecular formula is C21H29N3O. The average Bonchev–Trinajstić information content (AvgIpc) is 2.56. The summed E-state index contributed by atoms with van der Waals surface area (Å²) in [5.74, 6) is 0.829. The number of pyridine rings is 1. The van der Waals surface area contributed by atoms with E-state index in [2.05, 4.69) is 49.4 Å². The van der Waals surface area contributed by atoms with Crippen LogP contribution in [0.3, 0.4) is 0 Å². The van der Waals surface area contributed by atoms with E-state index in [0.29, 0.717) is 17.5 Å². The molecule has 0 saturated heterocycles. The van der Waals surface area contributed by atoms with E-state index in [1.165, 1.54) is 0 Å². The van der Waals surface area contributed by atoms with Gasteiger partial charge < -0.3 is 10.6 Å². The summed E-state index contributed by atoms with van der Waals surface area (Å²) in [5, 5.41) is 6.36. The first-order valence-electron chi connectivity index (χ1n) is 8.99. The van der Waals surface area contributed by atoms with Crippen LogP contribution >= 0.6 is 0 Å². The summed E-state index contributed by atoms with van der Waals surface area (Å²) in [7, 11) is 0. The fraction of sp³-hybridized carbons (Fsp3) is 0.429. The lowest BCUT2D eigenvalue weighted by Crippen LogP contribution is -2.16. The van der Waals surface area contributed by atoms with Crippen molar-refractivity contribution in [3.8, 4) is 0 Å². The van der Waals surface area contributed by atoms with Crippen LogP contribution in [0.25, 0.3) is 0 Å². The van der Waals surface area contributed by atoms with E-state index in [1.54, 1.807) is 12.3 Å². The van der Waals surface area contributed by atoms with Gasteiger partial charge >= 0.3 is 0 Å². The summed E-state index contributed by atoms with van der Waals surface area (Å²) >= 11 is 0. The molecule has 1 aromatic heterocycles. The molecule has 25 heavy (non-hydrogen) atoms. The van der Waals surface area contributed by atoms with Gasteiger partial charge in [-0.1, -0.05) is 45.9 Å². The molecule has 0 fully saturated rings. The molecule has 2 rings (SSSR count). The van der Waals surface area contributed by atoms with Crippen LogP contribution in [-0.2, 0) is 0 Å². The number of nitrogens with one attached hydrogen (secondary N) is 2. The summed E-state index contributed by atoms with van der Waals surface area (Å²) in [6.07, 6.45) is 2.82. The molecule has 0 spiro atoms. The predicted octanol–water partition coefficient (Wildman–Crippen LogP) is 5.22. The Morgan fingerprint density at radius 2 is 1.88 bits per heavy atom. The minimum Gasteiger partial charge on any atom is -0.384 e. The first-order chi connectivity index (χ1) is 11.9. The average molecular weight is 339 g/mol. The third kappa shape index (κ3) is 5.31.